The van der Waals surface area contributed by atoms with E-state index in [9.17, 15) is 0 Å². The first kappa shape index (κ1) is 14.9. The van der Waals surface area contributed by atoms with Crippen LogP contribution in [0.5, 0.6) is 0 Å². The number of unbranched alkanes of at least 4 members (excludes halogenated alkanes) is 2. The Labute approximate surface area is 127 Å². The predicted molar refractivity (Wildman–Crippen MR) is 86.9 cm³/mol. The molecule has 0 bridgehead atoms. The molecule has 2 heteroatoms. The molecule has 0 atom stereocenters. The van der Waals surface area contributed by atoms with E-state index in [0.29, 0.717) is 26.3 Å². The van der Waals surface area contributed by atoms with E-state index in [-0.39, 0.29) is 0 Å². The average molecular weight is 382 g/mol. The van der Waals surface area contributed by atoms with Crippen molar-refractivity contribution in [3.63, 3.8) is 0 Å². The maximum atomic E-state index is 2.34. The Morgan fingerprint density at radius 3 is 2.00 bits per heavy atom. The van der Waals surface area contributed by atoms with Crippen LogP contribution in [0.3, 0.4) is 0 Å². The minimum absolute atomic E-state index is 0.621. The zero-order valence-corrected chi connectivity index (χ0v) is 14.8. The minimum atomic E-state index is 0.621. The van der Waals surface area contributed by atoms with Gasteiger partial charge in [0.1, 0.15) is 0 Å². The molecule has 0 spiro atoms. The molecule has 2 aromatic rings. The van der Waals surface area contributed by atoms with E-state index in [1.165, 1.54) is 40.2 Å². The second-order valence-electron chi connectivity index (χ2n) is 4.58. The van der Waals surface area contributed by atoms with Crippen LogP contribution in [0.1, 0.15) is 31.7 Å². The molecule has 0 heterocycles. The normalized spacial score (nSPS) is 10.6. The van der Waals surface area contributed by atoms with Crippen LogP contribution >= 0.6 is 0 Å². The number of rotatable bonds is 7. The van der Waals surface area contributed by atoms with Crippen molar-refractivity contribution in [3.8, 4) is 0 Å². The van der Waals surface area contributed by atoms with Crippen LogP contribution in [0.15, 0.2) is 54.6 Å². The fraction of sp³-hybridized carbons (Fsp3) is 0.294. The maximum absolute atomic E-state index is 2.34. The monoisotopic (exact) mass is 384 g/mol. The van der Waals surface area contributed by atoms with Gasteiger partial charge in [-0.15, -0.1) is 0 Å². The third-order valence-electron chi connectivity index (χ3n) is 2.97. The molecule has 100 valence electrons. The van der Waals surface area contributed by atoms with Crippen molar-refractivity contribution in [3.05, 3.63) is 60.2 Å². The molecule has 19 heavy (non-hydrogen) atoms. The van der Waals surface area contributed by atoms with Crippen LogP contribution in [0.25, 0.3) is 0 Å². The molecule has 0 aliphatic rings. The van der Waals surface area contributed by atoms with Crippen molar-refractivity contribution in [2.45, 2.75) is 32.6 Å². The van der Waals surface area contributed by atoms with Crippen molar-refractivity contribution >= 4 is 35.2 Å². The van der Waals surface area contributed by atoms with E-state index in [2.05, 4.69) is 61.5 Å². The summed E-state index contributed by atoms with van der Waals surface area (Å²) in [5.74, 6) is 0. The second kappa shape index (κ2) is 8.61. The fourth-order valence-corrected chi connectivity index (χ4v) is 7.87. The molecular formula is C17H20Se2. The molecule has 0 unspecified atom stereocenters. The van der Waals surface area contributed by atoms with Gasteiger partial charge in [-0.2, -0.15) is 0 Å². The summed E-state index contributed by atoms with van der Waals surface area (Å²) < 4.78 is 3.05. The number of hydrogen-bond donors (Lipinski definition) is 0. The van der Waals surface area contributed by atoms with E-state index in [1.54, 1.807) is 0 Å². The standard InChI is InChI=1S/C17H20Se2/c1-2-3-5-8-15-11-13-17(14-12-15)19-18-16-9-6-4-7-10-16/h4,6-7,9-14H,2-3,5,8H2,1H3. The molecule has 0 N–H and O–H groups in total. The average Bonchev–Trinajstić information content (AvgIpc) is 2.48. The van der Waals surface area contributed by atoms with Crippen LogP contribution in [-0.2, 0) is 6.42 Å². The molecule has 0 radical (unpaired) electrons. The Balaban J connectivity index is 1.81. The zero-order valence-electron chi connectivity index (χ0n) is 11.3. The van der Waals surface area contributed by atoms with Gasteiger partial charge >= 0.3 is 128 Å². The quantitative estimate of drug-likeness (QED) is 0.510. The molecule has 0 aliphatic heterocycles. The Kier molecular flexibility index (Phi) is 6.74. The summed E-state index contributed by atoms with van der Waals surface area (Å²) in [6.45, 7) is 2.26. The molecular weight excluding hydrogens is 362 g/mol. The van der Waals surface area contributed by atoms with Gasteiger partial charge < -0.3 is 0 Å². The molecule has 2 aromatic carbocycles. The predicted octanol–water partition coefficient (Wildman–Crippen LogP) is 2.69. The van der Waals surface area contributed by atoms with Crippen molar-refractivity contribution in [1.82, 2.24) is 0 Å². The molecule has 0 saturated heterocycles. The fourth-order valence-electron chi connectivity index (χ4n) is 1.86. The van der Waals surface area contributed by atoms with Gasteiger partial charge in [0, 0.05) is 0 Å². The second-order valence-corrected chi connectivity index (χ2v) is 10.9. The zero-order chi connectivity index (χ0) is 13.3. The van der Waals surface area contributed by atoms with Crippen molar-refractivity contribution < 1.29 is 0 Å². The molecule has 0 fully saturated rings. The van der Waals surface area contributed by atoms with E-state index in [0.717, 1.165) is 0 Å². The van der Waals surface area contributed by atoms with Gasteiger partial charge in [-0.3, -0.25) is 0 Å². The Bertz CT molecular complexity index is 462. The number of aryl methyl sites for hydroxylation is 1. The summed E-state index contributed by atoms with van der Waals surface area (Å²) >= 11 is 1.24. The van der Waals surface area contributed by atoms with Crippen LogP contribution in [0.2, 0.25) is 0 Å². The van der Waals surface area contributed by atoms with Crippen LogP contribution in [-0.4, -0.2) is 26.3 Å². The SMILES string of the molecule is CCCCCc1ccc([Se][Se]c2ccccc2)cc1. The molecule has 0 aliphatic carbocycles. The molecule has 0 aromatic heterocycles. The Morgan fingerprint density at radius 1 is 0.737 bits per heavy atom. The first-order chi connectivity index (χ1) is 9.38. The third-order valence-corrected chi connectivity index (χ3v) is 10.2. The third kappa shape index (κ3) is 5.55. The van der Waals surface area contributed by atoms with Gasteiger partial charge in [0.2, 0.25) is 0 Å². The first-order valence-corrected chi connectivity index (χ1v) is 12.9. The molecule has 0 nitrogen and oxygen atoms in total. The van der Waals surface area contributed by atoms with Crippen molar-refractivity contribution in [2.24, 2.45) is 0 Å². The van der Waals surface area contributed by atoms with Gasteiger partial charge in [0.05, 0.1) is 0 Å². The van der Waals surface area contributed by atoms with Gasteiger partial charge in [0.15, 0.2) is 0 Å². The topological polar surface area (TPSA) is 0 Å². The summed E-state index contributed by atoms with van der Waals surface area (Å²) in [6.07, 6.45) is 5.23. The van der Waals surface area contributed by atoms with Gasteiger partial charge in [-0.05, 0) is 0 Å². The number of benzene rings is 2. The molecule has 0 amide bonds. The molecule has 0 saturated carbocycles. The van der Waals surface area contributed by atoms with E-state index < -0.39 is 0 Å². The number of hydrogen-bond acceptors (Lipinski definition) is 0. The molecule has 2 rings (SSSR count). The van der Waals surface area contributed by atoms with E-state index in [4.69, 9.17) is 0 Å². The van der Waals surface area contributed by atoms with Crippen LogP contribution in [0, 0.1) is 0 Å². The summed E-state index contributed by atoms with van der Waals surface area (Å²) in [7, 11) is 0. The van der Waals surface area contributed by atoms with Gasteiger partial charge in [-0.25, -0.2) is 0 Å². The van der Waals surface area contributed by atoms with Crippen molar-refractivity contribution in [2.75, 3.05) is 0 Å². The van der Waals surface area contributed by atoms with Gasteiger partial charge in [-0.1, -0.05) is 0 Å². The summed E-state index contributed by atoms with van der Waals surface area (Å²) in [6, 6.07) is 20.2. The van der Waals surface area contributed by atoms with Crippen LogP contribution < -0.4 is 8.92 Å². The summed E-state index contributed by atoms with van der Waals surface area (Å²) in [5.41, 5.74) is 1.50. The van der Waals surface area contributed by atoms with Gasteiger partial charge in [0.25, 0.3) is 0 Å². The first-order valence-electron chi connectivity index (χ1n) is 6.87. The Morgan fingerprint density at radius 2 is 1.37 bits per heavy atom. The van der Waals surface area contributed by atoms with Crippen molar-refractivity contribution in [1.29, 1.82) is 0 Å². The van der Waals surface area contributed by atoms with E-state index >= 15 is 0 Å². The van der Waals surface area contributed by atoms with Crippen LogP contribution in [0.4, 0.5) is 0 Å². The summed E-state index contributed by atoms with van der Waals surface area (Å²) in [4.78, 5) is 0. The van der Waals surface area contributed by atoms with E-state index in [1.807, 2.05) is 0 Å². The summed E-state index contributed by atoms with van der Waals surface area (Å²) in [5, 5.41) is 0. The Hall–Kier alpha value is -0.521.